The number of carbonyl (C=O) groups excluding carboxylic acids is 1. The van der Waals surface area contributed by atoms with Crippen LogP contribution < -0.4 is 0 Å². The lowest BCUT2D eigenvalue weighted by Gasteiger charge is -2.48. The van der Waals surface area contributed by atoms with Gasteiger partial charge in [-0.1, -0.05) is 6.92 Å². The number of rotatable bonds is 1. The van der Waals surface area contributed by atoms with Crippen LogP contribution in [-0.4, -0.2) is 31.6 Å². The summed E-state index contributed by atoms with van der Waals surface area (Å²) in [7, 11) is 0. The van der Waals surface area contributed by atoms with Gasteiger partial charge in [0.25, 0.3) is 0 Å². The zero-order valence-corrected chi connectivity index (χ0v) is 7.25. The van der Waals surface area contributed by atoms with E-state index in [0.29, 0.717) is 19.8 Å². The Morgan fingerprint density at radius 1 is 1.17 bits per heavy atom. The summed E-state index contributed by atoms with van der Waals surface area (Å²) < 4.78 is 15.7. The molecule has 3 fully saturated rings. The predicted octanol–water partition coefficient (Wildman–Crippen LogP) is 0.312. The number of ketones is 1. The van der Waals surface area contributed by atoms with E-state index in [2.05, 4.69) is 0 Å². The van der Waals surface area contributed by atoms with E-state index in [4.69, 9.17) is 14.2 Å². The zero-order chi connectivity index (χ0) is 8.82. The minimum Gasteiger partial charge on any atom is -0.321 e. The number of fused-ring (bicyclic) bond motifs is 3. The van der Waals surface area contributed by atoms with E-state index in [1.807, 2.05) is 6.92 Å². The molecule has 3 aliphatic rings. The first kappa shape index (κ1) is 8.16. The van der Waals surface area contributed by atoms with Crippen LogP contribution in [0.2, 0.25) is 0 Å². The zero-order valence-electron chi connectivity index (χ0n) is 7.25. The van der Waals surface area contributed by atoms with Crippen molar-refractivity contribution in [1.29, 1.82) is 0 Å². The van der Waals surface area contributed by atoms with Gasteiger partial charge in [-0.3, -0.25) is 4.79 Å². The molecule has 0 aromatic rings. The summed E-state index contributed by atoms with van der Waals surface area (Å²) in [5.41, 5.74) is -0.0722. The topological polar surface area (TPSA) is 44.8 Å². The van der Waals surface area contributed by atoms with Crippen molar-refractivity contribution >= 4 is 5.78 Å². The summed E-state index contributed by atoms with van der Waals surface area (Å²) in [5.74, 6) is -1.60. The second-order valence-corrected chi connectivity index (χ2v) is 3.79. The fraction of sp³-hybridized carbons (Fsp3) is 0.875. The molecule has 0 amide bonds. The summed E-state index contributed by atoms with van der Waals surface area (Å²) in [5, 5.41) is 0. The summed E-state index contributed by atoms with van der Waals surface area (Å²) in [6.07, 6.45) is 0. The second kappa shape index (κ2) is 2.28. The molecule has 4 heteroatoms. The third kappa shape index (κ3) is 0.990. The fourth-order valence-corrected chi connectivity index (χ4v) is 1.36. The highest BCUT2D eigenvalue weighted by Gasteiger charge is 2.53. The van der Waals surface area contributed by atoms with Crippen molar-refractivity contribution < 1.29 is 19.0 Å². The summed E-state index contributed by atoms with van der Waals surface area (Å²) in [6.45, 7) is 5.02. The van der Waals surface area contributed by atoms with E-state index in [-0.39, 0.29) is 11.2 Å². The molecule has 0 radical (unpaired) electrons. The first-order chi connectivity index (χ1) is 5.56. The molecule has 2 bridgehead atoms. The predicted molar refractivity (Wildman–Crippen MR) is 39.4 cm³/mol. The van der Waals surface area contributed by atoms with E-state index in [1.54, 1.807) is 0 Å². The number of hydrogen-bond acceptors (Lipinski definition) is 4. The number of hydrogen-bond donors (Lipinski definition) is 0. The van der Waals surface area contributed by atoms with E-state index in [9.17, 15) is 4.79 Å². The monoisotopic (exact) mass is 172 g/mol. The molecule has 3 heterocycles. The van der Waals surface area contributed by atoms with Gasteiger partial charge in [0.05, 0.1) is 19.8 Å². The third-order valence-electron chi connectivity index (χ3n) is 2.26. The molecular weight excluding hydrogens is 160 g/mol. The Kier molecular flexibility index (Phi) is 1.55. The largest absolute Gasteiger partial charge is 0.346 e. The van der Waals surface area contributed by atoms with E-state index >= 15 is 0 Å². The molecule has 3 aliphatic heterocycles. The van der Waals surface area contributed by atoms with Gasteiger partial charge in [0.15, 0.2) is 0 Å². The van der Waals surface area contributed by atoms with Gasteiger partial charge in [-0.25, -0.2) is 0 Å². The molecule has 4 nitrogen and oxygen atoms in total. The molecule has 68 valence electrons. The van der Waals surface area contributed by atoms with Crippen LogP contribution in [0.25, 0.3) is 0 Å². The number of Topliss-reactive ketones (excluding diaryl/α,β-unsaturated/α-hetero) is 1. The van der Waals surface area contributed by atoms with Crippen LogP contribution in [0.5, 0.6) is 0 Å². The molecule has 0 aliphatic carbocycles. The average molecular weight is 172 g/mol. The Labute approximate surface area is 70.8 Å². The van der Waals surface area contributed by atoms with Crippen molar-refractivity contribution in [3.8, 4) is 0 Å². The summed E-state index contributed by atoms with van der Waals surface area (Å²) >= 11 is 0. The fourth-order valence-electron chi connectivity index (χ4n) is 1.36. The Bertz CT molecular complexity index is 199. The minimum absolute atomic E-state index is 0.0722. The summed E-state index contributed by atoms with van der Waals surface area (Å²) in [6, 6.07) is 0. The van der Waals surface area contributed by atoms with Crippen molar-refractivity contribution in [1.82, 2.24) is 0 Å². The maximum Gasteiger partial charge on any atom is 0.346 e. The van der Waals surface area contributed by atoms with Crippen molar-refractivity contribution in [2.24, 2.45) is 5.41 Å². The van der Waals surface area contributed by atoms with Crippen LogP contribution in [0.1, 0.15) is 13.8 Å². The van der Waals surface area contributed by atoms with Gasteiger partial charge >= 0.3 is 5.97 Å². The van der Waals surface area contributed by atoms with Crippen molar-refractivity contribution in [3.63, 3.8) is 0 Å². The molecule has 3 rings (SSSR count). The first-order valence-corrected chi connectivity index (χ1v) is 3.99. The molecule has 0 aromatic heterocycles. The molecule has 12 heavy (non-hydrogen) atoms. The highest BCUT2D eigenvalue weighted by atomic mass is 16.9. The first-order valence-electron chi connectivity index (χ1n) is 3.99. The normalized spacial score (nSPS) is 46.2. The van der Waals surface area contributed by atoms with E-state index in [1.165, 1.54) is 6.92 Å². The van der Waals surface area contributed by atoms with Crippen molar-refractivity contribution in [2.45, 2.75) is 19.8 Å². The van der Waals surface area contributed by atoms with Gasteiger partial charge in [0.2, 0.25) is 5.78 Å². The quantitative estimate of drug-likeness (QED) is 0.571. The highest BCUT2D eigenvalue weighted by molar-refractivity contribution is 5.82. The van der Waals surface area contributed by atoms with Gasteiger partial charge in [0, 0.05) is 12.3 Å². The molecule has 0 unspecified atom stereocenters. The Balaban J connectivity index is 2.20. The smallest absolute Gasteiger partial charge is 0.321 e. The van der Waals surface area contributed by atoms with Crippen LogP contribution in [-0.2, 0) is 19.0 Å². The highest BCUT2D eigenvalue weighted by Crippen LogP contribution is 2.38. The maximum absolute atomic E-state index is 11.1. The number of ether oxygens (including phenoxy) is 3. The molecule has 0 N–H and O–H groups in total. The minimum atomic E-state index is -1.38. The van der Waals surface area contributed by atoms with E-state index in [0.717, 1.165) is 0 Å². The SMILES string of the molecule is CC(=O)C12OCC(C)(CO1)CO2. The lowest BCUT2D eigenvalue weighted by molar-refractivity contribution is -0.439. The Morgan fingerprint density at radius 2 is 1.58 bits per heavy atom. The number of carbonyl (C=O) groups is 1. The molecule has 0 spiro atoms. The molecule has 0 atom stereocenters. The molecule has 0 saturated carbocycles. The van der Waals surface area contributed by atoms with Crippen LogP contribution in [0.3, 0.4) is 0 Å². The Morgan fingerprint density at radius 3 is 1.92 bits per heavy atom. The van der Waals surface area contributed by atoms with Gasteiger partial charge < -0.3 is 14.2 Å². The van der Waals surface area contributed by atoms with Crippen LogP contribution in [0.4, 0.5) is 0 Å². The van der Waals surface area contributed by atoms with Gasteiger partial charge in [0.1, 0.15) is 0 Å². The van der Waals surface area contributed by atoms with Crippen LogP contribution in [0.15, 0.2) is 0 Å². The second-order valence-electron chi connectivity index (χ2n) is 3.79. The lowest BCUT2D eigenvalue weighted by Crippen LogP contribution is -2.61. The van der Waals surface area contributed by atoms with E-state index < -0.39 is 5.97 Å². The molecule has 3 saturated heterocycles. The van der Waals surface area contributed by atoms with Gasteiger partial charge in [-0.05, 0) is 0 Å². The van der Waals surface area contributed by atoms with Crippen molar-refractivity contribution in [3.05, 3.63) is 0 Å². The van der Waals surface area contributed by atoms with Gasteiger partial charge in [-0.2, -0.15) is 0 Å². The van der Waals surface area contributed by atoms with Crippen LogP contribution in [0, 0.1) is 5.41 Å². The summed E-state index contributed by atoms with van der Waals surface area (Å²) in [4.78, 5) is 11.1. The maximum atomic E-state index is 11.1. The van der Waals surface area contributed by atoms with Gasteiger partial charge in [-0.15, -0.1) is 0 Å². The third-order valence-corrected chi connectivity index (χ3v) is 2.26. The molecular formula is C8H12O4. The molecule has 0 aromatic carbocycles. The lowest BCUT2D eigenvalue weighted by atomic mass is 9.91. The standard InChI is InChI=1S/C8H12O4/c1-6(9)8-10-3-7(2,4-11-8)5-12-8/h3-5H2,1-2H3. The van der Waals surface area contributed by atoms with Crippen molar-refractivity contribution in [2.75, 3.05) is 19.8 Å². The average Bonchev–Trinajstić information content (AvgIpc) is 2.06. The van der Waals surface area contributed by atoms with Crippen LogP contribution >= 0.6 is 0 Å². The Hall–Kier alpha value is -0.450.